The van der Waals surface area contributed by atoms with Crippen LogP contribution in [0.5, 0.6) is 0 Å². The number of thioether (sulfide) groups is 1. The molecule has 2 aromatic carbocycles. The van der Waals surface area contributed by atoms with E-state index < -0.39 is 18.4 Å². The van der Waals surface area contributed by atoms with Crippen LogP contribution < -0.4 is 10.6 Å². The van der Waals surface area contributed by atoms with Crippen molar-refractivity contribution in [2.45, 2.75) is 6.42 Å². The summed E-state index contributed by atoms with van der Waals surface area (Å²) in [6.45, 7) is -0.415. The minimum Gasteiger partial charge on any atom is -0.457 e. The molecule has 0 bridgehead atoms. The second-order valence-electron chi connectivity index (χ2n) is 6.23. The first-order chi connectivity index (χ1) is 13.9. The SMILES string of the molecule is O=C(CSCC(=O)OCC(=O)c1ccc2c(c1)CC(=O)N2)Nc1ccc(F)cc1. The predicted molar refractivity (Wildman–Crippen MR) is 106 cm³/mol. The Morgan fingerprint density at radius 2 is 1.86 bits per heavy atom. The molecule has 29 heavy (non-hydrogen) atoms. The number of ketones is 1. The van der Waals surface area contributed by atoms with Crippen LogP contribution in [0.3, 0.4) is 0 Å². The lowest BCUT2D eigenvalue weighted by atomic mass is 10.1. The van der Waals surface area contributed by atoms with Crippen molar-refractivity contribution in [1.82, 2.24) is 0 Å². The first-order valence-electron chi connectivity index (χ1n) is 8.65. The van der Waals surface area contributed by atoms with Gasteiger partial charge in [0.1, 0.15) is 5.82 Å². The van der Waals surface area contributed by atoms with E-state index in [0.717, 1.165) is 17.3 Å². The maximum absolute atomic E-state index is 12.8. The standard InChI is InChI=1S/C20H17FN2O5S/c21-14-2-4-15(5-3-14)22-19(26)10-29-11-20(27)28-9-17(24)12-1-6-16-13(7-12)8-18(25)23-16/h1-7H,8-11H2,(H,22,26)(H,23,25). The zero-order valence-electron chi connectivity index (χ0n) is 15.2. The molecule has 0 aromatic heterocycles. The number of hydrogen-bond donors (Lipinski definition) is 2. The van der Waals surface area contributed by atoms with Crippen LogP contribution in [0.1, 0.15) is 15.9 Å². The molecule has 0 radical (unpaired) electrons. The van der Waals surface area contributed by atoms with Gasteiger partial charge in [0.15, 0.2) is 12.4 Å². The maximum atomic E-state index is 12.8. The van der Waals surface area contributed by atoms with Crippen molar-refractivity contribution in [1.29, 1.82) is 0 Å². The first kappa shape index (κ1) is 20.5. The third-order valence-corrected chi connectivity index (χ3v) is 4.90. The fourth-order valence-electron chi connectivity index (χ4n) is 2.63. The van der Waals surface area contributed by atoms with E-state index in [1.54, 1.807) is 18.2 Å². The summed E-state index contributed by atoms with van der Waals surface area (Å²) in [5.41, 5.74) is 2.23. The number of Topliss-reactive ketones (excluding diaryl/α,β-unsaturated/α-hetero) is 1. The Labute approximate surface area is 170 Å². The lowest BCUT2D eigenvalue weighted by Crippen LogP contribution is -2.18. The van der Waals surface area contributed by atoms with E-state index in [0.29, 0.717) is 16.9 Å². The highest BCUT2D eigenvalue weighted by molar-refractivity contribution is 8.00. The van der Waals surface area contributed by atoms with Gasteiger partial charge in [0.05, 0.1) is 17.9 Å². The lowest BCUT2D eigenvalue weighted by Gasteiger charge is -2.07. The number of amides is 2. The molecule has 1 aliphatic heterocycles. The summed E-state index contributed by atoms with van der Waals surface area (Å²) in [6.07, 6.45) is 0.215. The third-order valence-electron chi connectivity index (χ3n) is 4.00. The lowest BCUT2D eigenvalue weighted by molar-refractivity contribution is -0.139. The van der Waals surface area contributed by atoms with Gasteiger partial charge in [0.2, 0.25) is 11.8 Å². The molecule has 2 N–H and O–H groups in total. The van der Waals surface area contributed by atoms with Crippen LogP contribution in [0.15, 0.2) is 42.5 Å². The van der Waals surface area contributed by atoms with E-state index >= 15 is 0 Å². The third kappa shape index (κ3) is 5.89. The zero-order chi connectivity index (χ0) is 20.8. The van der Waals surface area contributed by atoms with E-state index in [1.807, 2.05) is 0 Å². The normalized spacial score (nSPS) is 12.1. The van der Waals surface area contributed by atoms with Crippen molar-refractivity contribution >= 4 is 46.7 Å². The fourth-order valence-corrected chi connectivity index (χ4v) is 3.24. The fraction of sp³-hybridized carbons (Fsp3) is 0.200. The second kappa shape index (κ2) is 9.33. The number of carbonyl (C=O) groups is 4. The Kier molecular flexibility index (Phi) is 6.61. The van der Waals surface area contributed by atoms with Gasteiger partial charge in [-0.2, -0.15) is 0 Å². The van der Waals surface area contributed by atoms with Crippen molar-refractivity contribution in [3.8, 4) is 0 Å². The van der Waals surface area contributed by atoms with Gasteiger partial charge in [0, 0.05) is 16.9 Å². The van der Waals surface area contributed by atoms with Gasteiger partial charge in [0.25, 0.3) is 0 Å². The smallest absolute Gasteiger partial charge is 0.316 e. The highest BCUT2D eigenvalue weighted by Crippen LogP contribution is 2.24. The Morgan fingerprint density at radius 1 is 1.10 bits per heavy atom. The summed E-state index contributed by atoms with van der Waals surface area (Å²) in [5, 5.41) is 5.25. The minimum absolute atomic E-state index is 0.00622. The van der Waals surface area contributed by atoms with E-state index in [4.69, 9.17) is 4.74 Å². The second-order valence-corrected chi connectivity index (χ2v) is 7.21. The molecular weight excluding hydrogens is 399 g/mol. The summed E-state index contributed by atoms with van der Waals surface area (Å²) < 4.78 is 17.8. The molecule has 7 nitrogen and oxygen atoms in total. The topological polar surface area (TPSA) is 102 Å². The molecule has 0 atom stereocenters. The molecule has 0 saturated heterocycles. The zero-order valence-corrected chi connectivity index (χ0v) is 16.0. The molecule has 2 aromatic rings. The summed E-state index contributed by atoms with van der Waals surface area (Å²) in [4.78, 5) is 47.1. The van der Waals surface area contributed by atoms with Crippen molar-refractivity contribution < 1.29 is 28.3 Å². The molecule has 1 aliphatic rings. The highest BCUT2D eigenvalue weighted by Gasteiger charge is 2.19. The van der Waals surface area contributed by atoms with Crippen LogP contribution in [-0.2, 0) is 25.5 Å². The molecule has 0 aliphatic carbocycles. The van der Waals surface area contributed by atoms with Crippen molar-refractivity contribution in [3.63, 3.8) is 0 Å². The average Bonchev–Trinajstić information content (AvgIpc) is 3.07. The van der Waals surface area contributed by atoms with Crippen LogP contribution in [0, 0.1) is 5.82 Å². The molecule has 150 valence electrons. The molecule has 3 rings (SSSR count). The van der Waals surface area contributed by atoms with Crippen molar-refractivity contribution in [3.05, 3.63) is 59.4 Å². The number of esters is 1. The van der Waals surface area contributed by atoms with Gasteiger partial charge in [-0.25, -0.2) is 4.39 Å². The van der Waals surface area contributed by atoms with Gasteiger partial charge >= 0.3 is 5.97 Å². The monoisotopic (exact) mass is 416 g/mol. The van der Waals surface area contributed by atoms with Crippen LogP contribution >= 0.6 is 11.8 Å². The van der Waals surface area contributed by atoms with Gasteiger partial charge in [-0.1, -0.05) is 0 Å². The van der Waals surface area contributed by atoms with Crippen molar-refractivity contribution in [2.24, 2.45) is 0 Å². The van der Waals surface area contributed by atoms with Crippen LogP contribution in [-0.4, -0.2) is 41.7 Å². The number of rotatable bonds is 8. The molecule has 0 unspecified atom stereocenters. The van der Waals surface area contributed by atoms with Gasteiger partial charge in [-0.3, -0.25) is 19.2 Å². The van der Waals surface area contributed by atoms with Crippen LogP contribution in [0.4, 0.5) is 15.8 Å². The summed E-state index contributed by atoms with van der Waals surface area (Å²) in [7, 11) is 0. The van der Waals surface area contributed by atoms with Crippen LogP contribution in [0.2, 0.25) is 0 Å². The van der Waals surface area contributed by atoms with E-state index in [9.17, 15) is 23.6 Å². The summed E-state index contributed by atoms with van der Waals surface area (Å²) >= 11 is 1.04. The molecule has 9 heteroatoms. The van der Waals surface area contributed by atoms with E-state index in [-0.39, 0.29) is 35.5 Å². The number of nitrogens with one attached hydrogen (secondary N) is 2. The highest BCUT2D eigenvalue weighted by atomic mass is 32.2. The summed E-state index contributed by atoms with van der Waals surface area (Å²) in [6, 6.07) is 10.1. The molecule has 0 spiro atoms. The molecule has 0 fully saturated rings. The number of fused-ring (bicyclic) bond motifs is 1. The minimum atomic E-state index is -0.615. The molecule has 0 saturated carbocycles. The predicted octanol–water partition coefficient (Wildman–Crippen LogP) is 2.42. The number of hydrogen-bond acceptors (Lipinski definition) is 6. The van der Waals surface area contributed by atoms with Gasteiger partial charge in [-0.05, 0) is 48.0 Å². The number of anilines is 2. The number of benzene rings is 2. The largest absolute Gasteiger partial charge is 0.457 e. The van der Waals surface area contributed by atoms with Gasteiger partial charge < -0.3 is 15.4 Å². The molecular formula is C20H17FN2O5S. The number of ether oxygens (including phenoxy) is 1. The Morgan fingerprint density at radius 3 is 2.62 bits per heavy atom. The van der Waals surface area contributed by atoms with Gasteiger partial charge in [-0.15, -0.1) is 11.8 Å². The number of halogens is 1. The Hall–Kier alpha value is -3.20. The molecule has 2 amide bonds. The molecule has 1 heterocycles. The number of carbonyl (C=O) groups excluding carboxylic acids is 4. The van der Waals surface area contributed by atoms with E-state index in [2.05, 4.69) is 10.6 Å². The average molecular weight is 416 g/mol. The van der Waals surface area contributed by atoms with Crippen LogP contribution in [0.25, 0.3) is 0 Å². The van der Waals surface area contributed by atoms with E-state index in [1.165, 1.54) is 24.3 Å². The quantitative estimate of drug-likeness (QED) is 0.506. The Bertz CT molecular complexity index is 962. The van der Waals surface area contributed by atoms with Crippen molar-refractivity contribution in [2.75, 3.05) is 28.7 Å². The summed E-state index contributed by atoms with van der Waals surface area (Å²) in [5.74, 6) is -1.95. The Balaban J connectivity index is 1.37. The maximum Gasteiger partial charge on any atom is 0.316 e. The first-order valence-corrected chi connectivity index (χ1v) is 9.81.